The van der Waals surface area contributed by atoms with Gasteiger partial charge in [0.15, 0.2) is 5.01 Å². The molecular weight excluding hydrogens is 396 g/mol. The summed E-state index contributed by atoms with van der Waals surface area (Å²) in [5.74, 6) is 1.70. The highest BCUT2D eigenvalue weighted by atomic mass is 32.1. The minimum absolute atomic E-state index is 0.295. The Morgan fingerprint density at radius 3 is 2.83 bits per heavy atom. The van der Waals surface area contributed by atoms with Gasteiger partial charge in [0.2, 0.25) is 0 Å². The van der Waals surface area contributed by atoms with Crippen molar-refractivity contribution in [1.29, 1.82) is 0 Å². The molecule has 0 saturated heterocycles. The molecule has 5 rings (SSSR count). The van der Waals surface area contributed by atoms with E-state index >= 15 is 0 Å². The second-order valence-electron chi connectivity index (χ2n) is 7.79. The number of aliphatic hydroxyl groups is 1. The Hall–Kier alpha value is -2.84. The summed E-state index contributed by atoms with van der Waals surface area (Å²) < 4.78 is 1.99. The molecule has 1 aliphatic carbocycles. The van der Waals surface area contributed by atoms with E-state index in [0.717, 1.165) is 63.8 Å². The summed E-state index contributed by atoms with van der Waals surface area (Å²) in [6.07, 6.45) is 9.92. The Bertz CT molecular complexity index is 1160. The molecule has 4 aromatic heterocycles. The lowest BCUT2D eigenvalue weighted by atomic mass is 9.83. The van der Waals surface area contributed by atoms with Gasteiger partial charge in [-0.15, -0.1) is 10.2 Å². The largest absolute Gasteiger partial charge is 0.396 e. The predicted octanol–water partition coefficient (Wildman–Crippen LogP) is 4.25. The van der Waals surface area contributed by atoms with Crippen molar-refractivity contribution in [1.82, 2.24) is 24.7 Å². The molecule has 8 heteroatoms. The van der Waals surface area contributed by atoms with Crippen LogP contribution in [0, 0.1) is 5.92 Å². The van der Waals surface area contributed by atoms with Crippen molar-refractivity contribution in [3.05, 3.63) is 47.9 Å². The van der Waals surface area contributed by atoms with Gasteiger partial charge in [0.25, 0.3) is 0 Å². The molecule has 30 heavy (non-hydrogen) atoms. The van der Waals surface area contributed by atoms with Crippen molar-refractivity contribution in [3.63, 3.8) is 0 Å². The number of fused-ring (bicyclic) bond motifs is 1. The topological polar surface area (TPSA) is 88.8 Å². The standard InChI is InChI=1S/C22H24N6OS/c1-23-18-11-19(28-10-8-15-3-2-9-24-20(15)28)25-12-17(18)22-27-26-21(30-22)16-6-4-14(13-29)5-7-16/h2-3,8-12,14,16,29H,4-7,13H2,1H3,(H,23,25). The third kappa shape index (κ3) is 3.46. The Morgan fingerprint density at radius 1 is 1.17 bits per heavy atom. The van der Waals surface area contributed by atoms with Crippen LogP contribution in [0.3, 0.4) is 0 Å². The van der Waals surface area contributed by atoms with Crippen LogP contribution in [0.5, 0.6) is 0 Å². The third-order valence-electron chi connectivity index (χ3n) is 5.98. The van der Waals surface area contributed by atoms with Gasteiger partial charge in [0.1, 0.15) is 16.5 Å². The Kier molecular flexibility index (Phi) is 5.18. The van der Waals surface area contributed by atoms with E-state index in [2.05, 4.69) is 20.5 Å². The average molecular weight is 421 g/mol. The second kappa shape index (κ2) is 8.12. The minimum Gasteiger partial charge on any atom is -0.396 e. The van der Waals surface area contributed by atoms with Crippen molar-refractivity contribution in [2.24, 2.45) is 5.92 Å². The van der Waals surface area contributed by atoms with Crippen LogP contribution < -0.4 is 5.32 Å². The first-order chi connectivity index (χ1) is 14.8. The molecule has 7 nitrogen and oxygen atoms in total. The van der Waals surface area contributed by atoms with Crippen LogP contribution in [-0.2, 0) is 0 Å². The smallest absolute Gasteiger partial charge is 0.151 e. The van der Waals surface area contributed by atoms with Gasteiger partial charge >= 0.3 is 0 Å². The summed E-state index contributed by atoms with van der Waals surface area (Å²) >= 11 is 1.65. The number of hydrogen-bond acceptors (Lipinski definition) is 7. The van der Waals surface area contributed by atoms with Crippen LogP contribution in [0.4, 0.5) is 5.69 Å². The monoisotopic (exact) mass is 420 g/mol. The van der Waals surface area contributed by atoms with Crippen LogP contribution in [0.1, 0.15) is 36.6 Å². The highest BCUT2D eigenvalue weighted by Crippen LogP contribution is 2.39. The highest BCUT2D eigenvalue weighted by Gasteiger charge is 2.25. The zero-order chi connectivity index (χ0) is 20.5. The normalized spacial score (nSPS) is 19.3. The van der Waals surface area contributed by atoms with Gasteiger partial charge in [-0.1, -0.05) is 11.3 Å². The van der Waals surface area contributed by atoms with E-state index in [4.69, 9.17) is 4.98 Å². The van der Waals surface area contributed by atoms with Crippen molar-refractivity contribution in [2.45, 2.75) is 31.6 Å². The maximum atomic E-state index is 9.36. The Labute approximate surface area is 178 Å². The summed E-state index contributed by atoms with van der Waals surface area (Å²) in [7, 11) is 1.91. The molecule has 0 spiro atoms. The number of anilines is 1. The SMILES string of the molecule is CNc1cc(-n2ccc3cccnc32)ncc1-c1nnc(C2CCC(CO)CC2)s1. The first kappa shape index (κ1) is 19.1. The summed E-state index contributed by atoms with van der Waals surface area (Å²) in [5, 5.41) is 24.7. The van der Waals surface area contributed by atoms with E-state index < -0.39 is 0 Å². The Morgan fingerprint density at radius 2 is 2.03 bits per heavy atom. The highest BCUT2D eigenvalue weighted by molar-refractivity contribution is 7.14. The van der Waals surface area contributed by atoms with Crippen LogP contribution in [0.25, 0.3) is 27.4 Å². The predicted molar refractivity (Wildman–Crippen MR) is 119 cm³/mol. The van der Waals surface area contributed by atoms with Crippen molar-refractivity contribution >= 4 is 28.1 Å². The number of nitrogens with one attached hydrogen (secondary N) is 1. The maximum Gasteiger partial charge on any atom is 0.151 e. The summed E-state index contributed by atoms with van der Waals surface area (Å²) in [6.45, 7) is 0.295. The number of aliphatic hydroxyl groups excluding tert-OH is 1. The van der Waals surface area contributed by atoms with Gasteiger partial charge in [-0.05, 0) is 49.8 Å². The molecule has 1 saturated carbocycles. The molecule has 1 fully saturated rings. The van der Waals surface area contributed by atoms with Crippen molar-refractivity contribution in [3.8, 4) is 16.4 Å². The van der Waals surface area contributed by atoms with Gasteiger partial charge in [0.05, 0.1) is 5.56 Å². The van der Waals surface area contributed by atoms with Gasteiger partial charge < -0.3 is 10.4 Å². The van der Waals surface area contributed by atoms with Crippen LogP contribution in [0.2, 0.25) is 0 Å². The van der Waals surface area contributed by atoms with E-state index in [1.807, 2.05) is 48.3 Å². The van der Waals surface area contributed by atoms with Crippen LogP contribution in [0.15, 0.2) is 42.9 Å². The number of pyridine rings is 2. The quantitative estimate of drug-likeness (QED) is 0.502. The first-order valence-corrected chi connectivity index (χ1v) is 11.1. The van der Waals surface area contributed by atoms with Gasteiger partial charge in [0, 0.05) is 55.3 Å². The van der Waals surface area contributed by atoms with Gasteiger partial charge in [-0.3, -0.25) is 4.57 Å². The molecule has 0 atom stereocenters. The molecule has 0 bridgehead atoms. The molecule has 0 unspecified atom stereocenters. The molecule has 0 amide bonds. The van der Waals surface area contributed by atoms with E-state index in [1.54, 1.807) is 17.5 Å². The molecular formula is C22H24N6OS. The zero-order valence-corrected chi connectivity index (χ0v) is 17.6. The van der Waals surface area contributed by atoms with Gasteiger partial charge in [-0.2, -0.15) is 0 Å². The fraction of sp³-hybridized carbons (Fsp3) is 0.364. The number of aromatic nitrogens is 5. The second-order valence-corrected chi connectivity index (χ2v) is 8.79. The number of hydrogen-bond donors (Lipinski definition) is 2. The first-order valence-electron chi connectivity index (χ1n) is 10.3. The van der Waals surface area contributed by atoms with E-state index in [9.17, 15) is 5.11 Å². The minimum atomic E-state index is 0.295. The molecule has 2 N–H and O–H groups in total. The van der Waals surface area contributed by atoms with Crippen LogP contribution >= 0.6 is 11.3 Å². The molecule has 1 aliphatic rings. The fourth-order valence-electron chi connectivity index (χ4n) is 4.20. The fourth-order valence-corrected chi connectivity index (χ4v) is 5.24. The van der Waals surface area contributed by atoms with Crippen molar-refractivity contribution < 1.29 is 5.11 Å². The lowest BCUT2D eigenvalue weighted by molar-refractivity contribution is 0.182. The molecule has 4 heterocycles. The molecule has 0 radical (unpaired) electrons. The number of rotatable bonds is 5. The lowest BCUT2D eigenvalue weighted by Gasteiger charge is -2.25. The zero-order valence-electron chi connectivity index (χ0n) is 16.8. The van der Waals surface area contributed by atoms with E-state index in [0.29, 0.717) is 18.4 Å². The van der Waals surface area contributed by atoms with E-state index in [1.165, 1.54) is 0 Å². The lowest BCUT2D eigenvalue weighted by Crippen LogP contribution is -2.15. The maximum absolute atomic E-state index is 9.36. The number of nitrogens with zero attached hydrogens (tertiary/aromatic N) is 5. The summed E-state index contributed by atoms with van der Waals surface area (Å²) in [5.41, 5.74) is 2.81. The summed E-state index contributed by atoms with van der Waals surface area (Å²) in [4.78, 5) is 9.18. The van der Waals surface area contributed by atoms with Gasteiger partial charge in [-0.25, -0.2) is 9.97 Å². The molecule has 0 aromatic carbocycles. The Balaban J connectivity index is 1.44. The molecule has 4 aromatic rings. The molecule has 0 aliphatic heterocycles. The summed E-state index contributed by atoms with van der Waals surface area (Å²) in [6, 6.07) is 8.05. The molecule has 154 valence electrons. The average Bonchev–Trinajstić information content (AvgIpc) is 3.46. The van der Waals surface area contributed by atoms with E-state index in [-0.39, 0.29) is 0 Å². The van der Waals surface area contributed by atoms with Crippen LogP contribution in [-0.4, -0.2) is 43.5 Å². The third-order valence-corrected chi connectivity index (χ3v) is 7.10. The van der Waals surface area contributed by atoms with Crippen molar-refractivity contribution in [2.75, 3.05) is 19.0 Å².